The summed E-state index contributed by atoms with van der Waals surface area (Å²) in [5.41, 5.74) is 1.46. The first-order valence-corrected chi connectivity index (χ1v) is 14.7. The summed E-state index contributed by atoms with van der Waals surface area (Å²) >= 11 is 0. The monoisotopic (exact) mass is 496 g/mol. The first-order valence-electron chi connectivity index (χ1n) is 14.7. The molecule has 4 aliphatic carbocycles. The smallest absolute Gasteiger partial charge is 0.305 e. The van der Waals surface area contributed by atoms with Crippen LogP contribution in [0.2, 0.25) is 0 Å². The molecular formula is C31H48N2O3. The number of rotatable bonds is 7. The number of aromatic nitrogens is 1. The second-order valence-corrected chi connectivity index (χ2v) is 13.2. The van der Waals surface area contributed by atoms with Crippen LogP contribution in [0, 0.1) is 46.3 Å². The average molecular weight is 497 g/mol. The Hall–Kier alpha value is -1.46. The highest BCUT2D eigenvalue weighted by Gasteiger charge is 2.63. The molecule has 0 aromatic carbocycles. The number of ether oxygens (including phenoxy) is 1. The second-order valence-electron chi connectivity index (χ2n) is 13.2. The van der Waals surface area contributed by atoms with E-state index in [1.165, 1.54) is 52.1 Å². The van der Waals surface area contributed by atoms with Crippen LogP contribution in [0.1, 0.15) is 90.7 Å². The summed E-state index contributed by atoms with van der Waals surface area (Å²) in [7, 11) is 1.48. The Balaban J connectivity index is 1.25. The van der Waals surface area contributed by atoms with Crippen molar-refractivity contribution in [1.29, 1.82) is 0 Å². The summed E-state index contributed by atoms with van der Waals surface area (Å²) in [6.07, 6.45) is 12.9. The van der Waals surface area contributed by atoms with Crippen LogP contribution >= 0.6 is 0 Å². The number of nitrogens with one attached hydrogen (secondary N) is 1. The third-order valence-corrected chi connectivity index (χ3v) is 11.9. The van der Waals surface area contributed by atoms with E-state index >= 15 is 0 Å². The van der Waals surface area contributed by atoms with Crippen LogP contribution in [0.5, 0.6) is 0 Å². The SMILES string of the molecule is COC(=O)CC[C@@H](C)[C@H]1CCC2C3CC[C@@H]4C[C@H](NCc5ccccn5)CC[C@]4(C)C3C[C@H](O)[C@@]21C. The molecule has 4 fully saturated rings. The molecule has 10 atom stereocenters. The van der Waals surface area contributed by atoms with Gasteiger partial charge in [-0.25, -0.2) is 0 Å². The predicted octanol–water partition coefficient (Wildman–Crippen LogP) is 5.76. The minimum atomic E-state index is -0.229. The molecule has 5 nitrogen and oxygen atoms in total. The lowest BCUT2D eigenvalue weighted by atomic mass is 9.43. The molecular weight excluding hydrogens is 448 g/mol. The Morgan fingerprint density at radius 2 is 2.00 bits per heavy atom. The zero-order valence-corrected chi connectivity index (χ0v) is 22.9. The van der Waals surface area contributed by atoms with Gasteiger partial charge in [0.05, 0.1) is 18.9 Å². The van der Waals surface area contributed by atoms with Crippen LogP contribution < -0.4 is 5.32 Å². The maximum atomic E-state index is 11.8. The molecule has 2 N–H and O–H groups in total. The van der Waals surface area contributed by atoms with Gasteiger partial charge < -0.3 is 15.2 Å². The van der Waals surface area contributed by atoms with Crippen molar-refractivity contribution in [2.75, 3.05) is 7.11 Å². The van der Waals surface area contributed by atoms with Crippen LogP contribution in [0.3, 0.4) is 0 Å². The van der Waals surface area contributed by atoms with Crippen LogP contribution in [0.4, 0.5) is 0 Å². The first-order chi connectivity index (χ1) is 17.3. The highest BCUT2D eigenvalue weighted by Crippen LogP contribution is 2.68. The van der Waals surface area contributed by atoms with Crippen molar-refractivity contribution in [2.24, 2.45) is 46.3 Å². The Kier molecular flexibility index (Phi) is 7.53. The molecule has 3 unspecified atom stereocenters. The maximum Gasteiger partial charge on any atom is 0.305 e. The zero-order valence-electron chi connectivity index (χ0n) is 22.9. The van der Waals surface area contributed by atoms with Gasteiger partial charge in [0.25, 0.3) is 0 Å². The van der Waals surface area contributed by atoms with E-state index in [2.05, 4.69) is 43.2 Å². The van der Waals surface area contributed by atoms with E-state index in [0.717, 1.165) is 36.9 Å². The van der Waals surface area contributed by atoms with Gasteiger partial charge in [-0.2, -0.15) is 0 Å². The molecule has 1 heterocycles. The number of carbonyl (C=O) groups excluding carboxylic acids is 1. The summed E-state index contributed by atoms with van der Waals surface area (Å²) < 4.78 is 4.90. The number of pyridine rings is 1. The topological polar surface area (TPSA) is 71.5 Å². The molecule has 0 aliphatic heterocycles. The van der Waals surface area contributed by atoms with Gasteiger partial charge in [0, 0.05) is 25.2 Å². The number of hydrogen-bond donors (Lipinski definition) is 2. The highest BCUT2D eigenvalue weighted by atomic mass is 16.5. The number of carbonyl (C=O) groups is 1. The number of fused-ring (bicyclic) bond motifs is 5. The summed E-state index contributed by atoms with van der Waals surface area (Å²) in [4.78, 5) is 16.3. The van der Waals surface area contributed by atoms with Crippen molar-refractivity contribution in [3.63, 3.8) is 0 Å². The molecule has 1 aromatic heterocycles. The number of aliphatic hydroxyl groups excluding tert-OH is 1. The zero-order chi connectivity index (χ0) is 25.5. The van der Waals surface area contributed by atoms with Gasteiger partial charge in [0.15, 0.2) is 0 Å². The lowest BCUT2D eigenvalue weighted by molar-refractivity contribution is -0.170. The van der Waals surface area contributed by atoms with Gasteiger partial charge in [-0.05, 0) is 116 Å². The van der Waals surface area contributed by atoms with E-state index < -0.39 is 0 Å². The molecule has 4 saturated carbocycles. The number of methoxy groups -OCH3 is 1. The fourth-order valence-corrected chi connectivity index (χ4v) is 9.77. The van der Waals surface area contributed by atoms with Gasteiger partial charge in [0.1, 0.15) is 0 Å². The van der Waals surface area contributed by atoms with Gasteiger partial charge >= 0.3 is 5.97 Å². The molecule has 36 heavy (non-hydrogen) atoms. The molecule has 1 aromatic rings. The van der Waals surface area contributed by atoms with E-state index in [-0.39, 0.29) is 17.5 Å². The normalized spacial score (nSPS) is 42.6. The van der Waals surface area contributed by atoms with Crippen molar-refractivity contribution in [3.05, 3.63) is 30.1 Å². The van der Waals surface area contributed by atoms with Crippen molar-refractivity contribution >= 4 is 5.97 Å². The lowest BCUT2D eigenvalue weighted by Crippen LogP contribution is -2.59. The first kappa shape index (κ1) is 26.2. The lowest BCUT2D eigenvalue weighted by Gasteiger charge is -2.62. The van der Waals surface area contributed by atoms with Gasteiger partial charge in [-0.1, -0.05) is 26.8 Å². The molecule has 5 heteroatoms. The second kappa shape index (κ2) is 10.4. The van der Waals surface area contributed by atoms with Crippen molar-refractivity contribution in [2.45, 2.75) is 104 Å². The Labute approximate surface area is 218 Å². The van der Waals surface area contributed by atoms with Crippen LogP contribution in [-0.4, -0.2) is 35.3 Å². The van der Waals surface area contributed by atoms with Crippen LogP contribution in [0.25, 0.3) is 0 Å². The highest BCUT2D eigenvalue weighted by molar-refractivity contribution is 5.69. The third kappa shape index (κ3) is 4.53. The molecule has 4 aliphatic rings. The maximum absolute atomic E-state index is 11.8. The Bertz CT molecular complexity index is 908. The van der Waals surface area contributed by atoms with Crippen molar-refractivity contribution < 1.29 is 14.6 Å². The van der Waals surface area contributed by atoms with Crippen LogP contribution in [-0.2, 0) is 16.1 Å². The molecule has 200 valence electrons. The fourth-order valence-electron chi connectivity index (χ4n) is 9.77. The number of hydrogen-bond acceptors (Lipinski definition) is 5. The summed E-state index contributed by atoms with van der Waals surface area (Å²) in [5, 5.41) is 15.6. The van der Waals surface area contributed by atoms with Gasteiger partial charge in [-0.15, -0.1) is 0 Å². The van der Waals surface area contributed by atoms with Gasteiger partial charge in [0.2, 0.25) is 0 Å². The number of aliphatic hydroxyl groups is 1. The number of esters is 1. The summed E-state index contributed by atoms with van der Waals surface area (Å²) in [5.74, 6) is 3.59. The van der Waals surface area contributed by atoms with E-state index in [1.807, 2.05) is 12.3 Å². The van der Waals surface area contributed by atoms with E-state index in [1.54, 1.807) is 0 Å². The number of nitrogens with zero attached hydrogens (tertiary/aromatic N) is 1. The van der Waals surface area contributed by atoms with Crippen LogP contribution in [0.15, 0.2) is 24.4 Å². The molecule has 5 rings (SSSR count). The van der Waals surface area contributed by atoms with Gasteiger partial charge in [-0.3, -0.25) is 9.78 Å². The van der Waals surface area contributed by atoms with Crippen molar-refractivity contribution in [1.82, 2.24) is 10.3 Å². The minimum Gasteiger partial charge on any atom is -0.469 e. The molecule has 0 bridgehead atoms. The fraction of sp³-hybridized carbons (Fsp3) is 0.806. The standard InChI is InChI=1S/C31H48N2O3/c1-20(8-13-29(35)36-4)25-11-12-26-24-10-9-21-17-22(33-19-23-7-5-6-16-32-23)14-15-30(21,2)27(24)18-28(34)31(25,26)3/h5-7,16,20-22,24-28,33-34H,8-15,17-19H2,1-4H3/t20-,21-,22-,24?,25-,26?,27?,28+,30+,31-/m1/s1. The predicted molar refractivity (Wildman–Crippen MR) is 142 cm³/mol. The molecule has 0 spiro atoms. The Morgan fingerprint density at radius 3 is 2.75 bits per heavy atom. The molecule has 0 saturated heterocycles. The molecule has 0 amide bonds. The third-order valence-electron chi connectivity index (χ3n) is 11.9. The molecule has 0 radical (unpaired) electrons. The van der Waals surface area contributed by atoms with E-state index in [4.69, 9.17) is 4.74 Å². The van der Waals surface area contributed by atoms with Crippen molar-refractivity contribution in [3.8, 4) is 0 Å². The minimum absolute atomic E-state index is 0.0126. The van der Waals surface area contributed by atoms with E-state index in [9.17, 15) is 9.90 Å². The summed E-state index contributed by atoms with van der Waals surface area (Å²) in [6.45, 7) is 8.13. The largest absolute Gasteiger partial charge is 0.469 e. The van der Waals surface area contributed by atoms with E-state index in [0.29, 0.717) is 41.5 Å². The quantitative estimate of drug-likeness (QED) is 0.470. The average Bonchev–Trinajstić information content (AvgIpc) is 3.25. The summed E-state index contributed by atoms with van der Waals surface area (Å²) in [6, 6.07) is 6.73. The Morgan fingerprint density at radius 1 is 1.17 bits per heavy atom.